The minimum atomic E-state index is -0.477. The fourth-order valence-corrected chi connectivity index (χ4v) is 1.40. The maximum absolute atomic E-state index is 11.8. The Hall–Kier alpha value is -2.49. The summed E-state index contributed by atoms with van der Waals surface area (Å²) in [5.41, 5.74) is 12.6. The van der Waals surface area contributed by atoms with Crippen LogP contribution in [0.15, 0.2) is 48.5 Å². The third-order valence-corrected chi connectivity index (χ3v) is 2.24. The molecule has 0 aliphatic heterocycles. The molecule has 0 bridgehead atoms. The zero-order chi connectivity index (χ0) is 12.3. The van der Waals surface area contributed by atoms with E-state index >= 15 is 0 Å². The van der Waals surface area contributed by atoms with Gasteiger partial charge in [-0.25, -0.2) is 4.79 Å². The van der Waals surface area contributed by atoms with Crippen molar-refractivity contribution in [2.45, 2.75) is 0 Å². The first kappa shape index (κ1) is 11.0. The van der Waals surface area contributed by atoms with Crippen LogP contribution in [-0.2, 0) is 0 Å². The molecule has 0 saturated heterocycles. The summed E-state index contributed by atoms with van der Waals surface area (Å²) in [5.74, 6) is -0.130. The highest BCUT2D eigenvalue weighted by atomic mass is 16.5. The molecule has 0 atom stereocenters. The van der Waals surface area contributed by atoms with Gasteiger partial charge < -0.3 is 16.2 Å². The average Bonchev–Trinajstić information content (AvgIpc) is 2.32. The molecule has 0 aliphatic carbocycles. The van der Waals surface area contributed by atoms with Gasteiger partial charge in [0.2, 0.25) is 0 Å². The van der Waals surface area contributed by atoms with Crippen LogP contribution in [0.25, 0.3) is 0 Å². The molecule has 2 rings (SSSR count). The second-order valence-electron chi connectivity index (χ2n) is 3.55. The Morgan fingerprint density at radius 2 is 1.76 bits per heavy atom. The maximum atomic E-state index is 11.8. The number of rotatable bonds is 2. The van der Waals surface area contributed by atoms with Crippen LogP contribution in [0.2, 0.25) is 0 Å². The second kappa shape index (κ2) is 4.57. The number of hydrogen-bond acceptors (Lipinski definition) is 4. The summed E-state index contributed by atoms with van der Waals surface area (Å²) in [6, 6.07) is 13.4. The van der Waals surface area contributed by atoms with Crippen LogP contribution in [0.3, 0.4) is 0 Å². The molecule has 2 aromatic rings. The number of anilines is 2. The largest absolute Gasteiger partial charge is 0.421 e. The first-order valence-corrected chi connectivity index (χ1v) is 5.09. The van der Waals surface area contributed by atoms with Crippen LogP contribution >= 0.6 is 0 Å². The molecule has 0 amide bonds. The Kier molecular flexibility index (Phi) is 2.96. The van der Waals surface area contributed by atoms with Crippen molar-refractivity contribution in [2.24, 2.45) is 0 Å². The molecule has 4 heteroatoms. The van der Waals surface area contributed by atoms with Crippen molar-refractivity contribution in [1.82, 2.24) is 0 Å². The summed E-state index contributed by atoms with van der Waals surface area (Å²) in [5, 5.41) is 0. The van der Waals surface area contributed by atoms with Gasteiger partial charge in [-0.15, -0.1) is 0 Å². The van der Waals surface area contributed by atoms with Gasteiger partial charge in [-0.05, 0) is 30.3 Å². The van der Waals surface area contributed by atoms with Gasteiger partial charge in [0.25, 0.3) is 0 Å². The Morgan fingerprint density at radius 3 is 2.47 bits per heavy atom. The standard InChI is InChI=1S/C13H12N2O2/c14-10-5-3-4-9(8-10)13(16)17-12-7-2-1-6-11(12)15/h1-8H,14-15H2. The van der Waals surface area contributed by atoms with Crippen LogP contribution < -0.4 is 16.2 Å². The van der Waals surface area contributed by atoms with E-state index in [2.05, 4.69) is 0 Å². The molecule has 0 spiro atoms. The van der Waals surface area contributed by atoms with Gasteiger partial charge in [0, 0.05) is 5.69 Å². The summed E-state index contributed by atoms with van der Waals surface area (Å²) in [6.07, 6.45) is 0. The highest BCUT2D eigenvalue weighted by Crippen LogP contribution is 2.21. The van der Waals surface area contributed by atoms with Crippen molar-refractivity contribution in [1.29, 1.82) is 0 Å². The SMILES string of the molecule is Nc1cccc(C(=O)Oc2ccccc2N)c1. The minimum absolute atomic E-state index is 0.347. The third kappa shape index (κ3) is 2.55. The number of para-hydroxylation sites is 2. The van der Waals surface area contributed by atoms with Crippen molar-refractivity contribution in [2.75, 3.05) is 11.5 Å². The number of ether oxygens (including phenoxy) is 1. The van der Waals surface area contributed by atoms with Gasteiger partial charge in [-0.2, -0.15) is 0 Å². The van der Waals surface area contributed by atoms with Crippen LogP contribution in [0.4, 0.5) is 11.4 Å². The van der Waals surface area contributed by atoms with Gasteiger partial charge >= 0.3 is 5.97 Å². The zero-order valence-electron chi connectivity index (χ0n) is 9.09. The van der Waals surface area contributed by atoms with Crippen molar-refractivity contribution in [3.8, 4) is 5.75 Å². The van der Waals surface area contributed by atoms with Crippen LogP contribution in [0.1, 0.15) is 10.4 Å². The van der Waals surface area contributed by atoms with Crippen LogP contribution in [0, 0.1) is 0 Å². The number of nitrogens with two attached hydrogens (primary N) is 2. The Bertz CT molecular complexity index is 553. The first-order valence-electron chi connectivity index (χ1n) is 5.09. The fraction of sp³-hybridized carbons (Fsp3) is 0. The summed E-state index contributed by atoms with van der Waals surface area (Å²) in [6.45, 7) is 0. The molecule has 0 aliphatic rings. The number of esters is 1. The van der Waals surface area contributed by atoms with Gasteiger partial charge in [0.05, 0.1) is 11.3 Å². The van der Waals surface area contributed by atoms with Gasteiger partial charge in [0.15, 0.2) is 5.75 Å². The normalized spacial score (nSPS) is 9.88. The van der Waals surface area contributed by atoms with E-state index in [0.717, 1.165) is 0 Å². The highest BCUT2D eigenvalue weighted by Gasteiger charge is 2.10. The molecule has 4 N–H and O–H groups in total. The zero-order valence-corrected chi connectivity index (χ0v) is 9.09. The van der Waals surface area contributed by atoms with E-state index in [9.17, 15) is 4.79 Å². The Balaban J connectivity index is 2.20. The number of benzene rings is 2. The second-order valence-corrected chi connectivity index (χ2v) is 3.55. The monoisotopic (exact) mass is 228 g/mol. The lowest BCUT2D eigenvalue weighted by atomic mass is 10.2. The van der Waals surface area contributed by atoms with Crippen molar-refractivity contribution < 1.29 is 9.53 Å². The van der Waals surface area contributed by atoms with E-state index in [0.29, 0.717) is 22.7 Å². The molecular weight excluding hydrogens is 216 g/mol. The molecule has 0 heterocycles. The minimum Gasteiger partial charge on any atom is -0.421 e. The molecule has 4 nitrogen and oxygen atoms in total. The van der Waals surface area contributed by atoms with Crippen molar-refractivity contribution in [3.63, 3.8) is 0 Å². The van der Waals surface area contributed by atoms with Crippen LogP contribution in [-0.4, -0.2) is 5.97 Å². The Labute approximate surface area is 98.8 Å². The lowest BCUT2D eigenvalue weighted by molar-refractivity contribution is 0.0736. The number of nitrogen functional groups attached to an aromatic ring is 2. The molecular formula is C13H12N2O2. The van der Waals surface area contributed by atoms with Gasteiger partial charge in [-0.3, -0.25) is 0 Å². The molecule has 2 aromatic carbocycles. The van der Waals surface area contributed by atoms with Gasteiger partial charge in [0.1, 0.15) is 0 Å². The summed E-state index contributed by atoms with van der Waals surface area (Å²) >= 11 is 0. The van der Waals surface area contributed by atoms with Crippen molar-refractivity contribution in [3.05, 3.63) is 54.1 Å². The maximum Gasteiger partial charge on any atom is 0.343 e. The Morgan fingerprint density at radius 1 is 1.00 bits per heavy atom. The topological polar surface area (TPSA) is 78.3 Å². The first-order chi connectivity index (χ1) is 8.16. The number of carbonyl (C=O) groups excluding carboxylic acids is 1. The lowest BCUT2D eigenvalue weighted by Crippen LogP contribution is -2.09. The predicted octanol–water partition coefficient (Wildman–Crippen LogP) is 2.07. The van der Waals surface area contributed by atoms with E-state index in [4.69, 9.17) is 16.2 Å². The van der Waals surface area contributed by atoms with E-state index in [1.165, 1.54) is 0 Å². The molecule has 0 saturated carbocycles. The van der Waals surface area contributed by atoms with E-state index < -0.39 is 5.97 Å². The summed E-state index contributed by atoms with van der Waals surface area (Å²) in [4.78, 5) is 11.8. The van der Waals surface area contributed by atoms with Gasteiger partial charge in [-0.1, -0.05) is 18.2 Å². The third-order valence-electron chi connectivity index (χ3n) is 2.24. The fourth-order valence-electron chi connectivity index (χ4n) is 1.40. The average molecular weight is 228 g/mol. The smallest absolute Gasteiger partial charge is 0.343 e. The molecule has 17 heavy (non-hydrogen) atoms. The number of carbonyl (C=O) groups is 1. The molecule has 0 aromatic heterocycles. The molecule has 0 unspecified atom stereocenters. The van der Waals surface area contributed by atoms with E-state index in [1.54, 1.807) is 48.5 Å². The predicted molar refractivity (Wildman–Crippen MR) is 66.7 cm³/mol. The summed E-state index contributed by atoms with van der Waals surface area (Å²) < 4.78 is 5.17. The van der Waals surface area contributed by atoms with E-state index in [-0.39, 0.29) is 0 Å². The molecule has 0 fully saturated rings. The molecule has 0 radical (unpaired) electrons. The molecule has 86 valence electrons. The van der Waals surface area contributed by atoms with E-state index in [1.807, 2.05) is 0 Å². The quantitative estimate of drug-likeness (QED) is 0.468. The van der Waals surface area contributed by atoms with Crippen LogP contribution in [0.5, 0.6) is 5.75 Å². The lowest BCUT2D eigenvalue weighted by Gasteiger charge is -2.06. The van der Waals surface area contributed by atoms with Crippen molar-refractivity contribution >= 4 is 17.3 Å². The summed E-state index contributed by atoms with van der Waals surface area (Å²) in [7, 11) is 0. The highest BCUT2D eigenvalue weighted by molar-refractivity contribution is 5.92. The number of hydrogen-bond donors (Lipinski definition) is 2.